The van der Waals surface area contributed by atoms with E-state index in [0.29, 0.717) is 10.1 Å². The smallest absolute Gasteiger partial charge is 0.449 e. The van der Waals surface area contributed by atoms with Crippen LogP contribution >= 0.6 is 0 Å². The fourth-order valence-corrected chi connectivity index (χ4v) is 2.54. The van der Waals surface area contributed by atoms with E-state index in [2.05, 4.69) is 4.98 Å². The second kappa shape index (κ2) is 6.17. The molecule has 0 bridgehead atoms. The lowest BCUT2D eigenvalue weighted by atomic mass is 10.1. The molecule has 3 N–H and O–H groups in total. The van der Waals surface area contributed by atoms with Gasteiger partial charge in [0.15, 0.2) is 0 Å². The maximum Gasteiger partial charge on any atom is 0.449 e. The molecule has 1 heterocycles. The standard InChI is InChI=1S/C17H12F3N3O3/c18-17(19,20)16-22-13-6-5-11(21)7-12(13)14(24)23(16)8-9-1-3-10(4-2-9)15(25)26/h1-7H,8,21H2,(H,25,26). The maximum atomic E-state index is 13.4. The summed E-state index contributed by atoms with van der Waals surface area (Å²) in [5.41, 5.74) is 5.17. The van der Waals surface area contributed by atoms with E-state index >= 15 is 0 Å². The van der Waals surface area contributed by atoms with Gasteiger partial charge in [0, 0.05) is 5.69 Å². The molecule has 2 aromatic carbocycles. The Bertz CT molecular complexity index is 1060. The SMILES string of the molecule is Nc1ccc2nc(C(F)(F)F)n(Cc3ccc(C(=O)O)cc3)c(=O)c2c1. The van der Waals surface area contributed by atoms with Gasteiger partial charge in [0.05, 0.1) is 23.0 Å². The number of nitrogens with zero attached hydrogens (tertiary/aromatic N) is 2. The van der Waals surface area contributed by atoms with Crippen molar-refractivity contribution < 1.29 is 23.1 Å². The fourth-order valence-electron chi connectivity index (χ4n) is 2.54. The van der Waals surface area contributed by atoms with Crippen molar-refractivity contribution in [1.29, 1.82) is 0 Å². The molecule has 1 aromatic heterocycles. The number of carboxylic acids is 1. The van der Waals surface area contributed by atoms with E-state index in [1.54, 1.807) is 0 Å². The predicted molar refractivity (Wildman–Crippen MR) is 87.9 cm³/mol. The number of hydrogen-bond donors (Lipinski definition) is 2. The van der Waals surface area contributed by atoms with E-state index in [9.17, 15) is 22.8 Å². The minimum absolute atomic E-state index is 0.0125. The van der Waals surface area contributed by atoms with Crippen molar-refractivity contribution in [1.82, 2.24) is 9.55 Å². The average Bonchev–Trinajstić information content (AvgIpc) is 2.57. The lowest BCUT2D eigenvalue weighted by Crippen LogP contribution is -2.30. The molecular formula is C17H12F3N3O3. The highest BCUT2D eigenvalue weighted by molar-refractivity contribution is 5.87. The molecule has 6 nitrogen and oxygen atoms in total. The van der Waals surface area contributed by atoms with Crippen LogP contribution in [0.15, 0.2) is 47.3 Å². The number of hydrogen-bond acceptors (Lipinski definition) is 4. The van der Waals surface area contributed by atoms with E-state index in [-0.39, 0.29) is 22.2 Å². The van der Waals surface area contributed by atoms with Gasteiger partial charge in [-0.05, 0) is 35.9 Å². The van der Waals surface area contributed by atoms with E-state index < -0.39 is 30.1 Å². The zero-order chi connectivity index (χ0) is 19.1. The molecule has 3 aromatic rings. The monoisotopic (exact) mass is 363 g/mol. The van der Waals surface area contributed by atoms with Gasteiger partial charge in [0.25, 0.3) is 5.56 Å². The summed E-state index contributed by atoms with van der Waals surface area (Å²) < 4.78 is 40.7. The van der Waals surface area contributed by atoms with Crippen molar-refractivity contribution in [3.63, 3.8) is 0 Å². The number of halogens is 3. The number of anilines is 1. The van der Waals surface area contributed by atoms with Gasteiger partial charge in [-0.1, -0.05) is 12.1 Å². The van der Waals surface area contributed by atoms with Gasteiger partial charge in [-0.15, -0.1) is 0 Å². The van der Waals surface area contributed by atoms with Gasteiger partial charge in [-0.25, -0.2) is 9.78 Å². The number of rotatable bonds is 3. The predicted octanol–water partition coefficient (Wildman–Crippen LogP) is 2.74. The Morgan fingerprint density at radius 1 is 1.15 bits per heavy atom. The zero-order valence-electron chi connectivity index (χ0n) is 13.1. The summed E-state index contributed by atoms with van der Waals surface area (Å²) in [6, 6.07) is 9.09. The molecule has 0 aliphatic carbocycles. The average molecular weight is 363 g/mol. The molecule has 0 aliphatic heterocycles. The first-order chi connectivity index (χ1) is 12.2. The molecule has 0 atom stereocenters. The van der Waals surface area contributed by atoms with Crippen LogP contribution in [0.5, 0.6) is 0 Å². The Hall–Kier alpha value is -3.36. The summed E-state index contributed by atoms with van der Waals surface area (Å²) in [5.74, 6) is -2.49. The maximum absolute atomic E-state index is 13.4. The van der Waals surface area contributed by atoms with Crippen molar-refractivity contribution in [2.45, 2.75) is 12.7 Å². The molecule has 0 saturated heterocycles. The summed E-state index contributed by atoms with van der Waals surface area (Å²) in [6.45, 7) is -0.411. The molecular weight excluding hydrogens is 351 g/mol. The highest BCUT2D eigenvalue weighted by Gasteiger charge is 2.37. The van der Waals surface area contributed by atoms with Crippen LogP contribution < -0.4 is 11.3 Å². The number of benzene rings is 2. The summed E-state index contributed by atoms with van der Waals surface area (Å²) in [6.07, 6.45) is -4.84. The highest BCUT2D eigenvalue weighted by Crippen LogP contribution is 2.28. The van der Waals surface area contributed by atoms with Gasteiger partial charge in [-0.2, -0.15) is 13.2 Å². The summed E-state index contributed by atoms with van der Waals surface area (Å²) in [7, 11) is 0. The fraction of sp³-hybridized carbons (Fsp3) is 0.118. The Labute approximate surface area is 144 Å². The topological polar surface area (TPSA) is 98.2 Å². The molecule has 134 valence electrons. The van der Waals surface area contributed by atoms with Crippen LogP contribution in [-0.2, 0) is 12.7 Å². The van der Waals surface area contributed by atoms with Gasteiger partial charge < -0.3 is 10.8 Å². The third-order valence-corrected chi connectivity index (χ3v) is 3.77. The molecule has 9 heteroatoms. The van der Waals surface area contributed by atoms with Gasteiger partial charge >= 0.3 is 12.1 Å². The van der Waals surface area contributed by atoms with Crippen LogP contribution in [0.4, 0.5) is 18.9 Å². The molecule has 0 unspecified atom stereocenters. The van der Waals surface area contributed by atoms with Crippen molar-refractivity contribution in [3.8, 4) is 0 Å². The highest BCUT2D eigenvalue weighted by atomic mass is 19.4. The molecule has 0 saturated carbocycles. The van der Waals surface area contributed by atoms with Crippen LogP contribution in [-0.4, -0.2) is 20.6 Å². The lowest BCUT2D eigenvalue weighted by molar-refractivity contribution is -0.147. The third kappa shape index (κ3) is 3.23. The number of aromatic nitrogens is 2. The number of nitrogens with two attached hydrogens (primary N) is 1. The Kier molecular flexibility index (Phi) is 4.15. The summed E-state index contributed by atoms with van der Waals surface area (Å²) >= 11 is 0. The Balaban J connectivity index is 2.17. The second-order valence-electron chi connectivity index (χ2n) is 5.60. The number of carboxylic acid groups (broad SMARTS) is 1. The van der Waals surface area contributed by atoms with Crippen LogP contribution in [0.2, 0.25) is 0 Å². The number of fused-ring (bicyclic) bond motifs is 1. The van der Waals surface area contributed by atoms with E-state index in [1.807, 2.05) is 0 Å². The molecule has 0 fully saturated rings. The van der Waals surface area contributed by atoms with E-state index in [4.69, 9.17) is 10.8 Å². The number of carbonyl (C=O) groups is 1. The largest absolute Gasteiger partial charge is 0.478 e. The Morgan fingerprint density at radius 2 is 1.81 bits per heavy atom. The van der Waals surface area contributed by atoms with Crippen LogP contribution in [0.3, 0.4) is 0 Å². The molecule has 0 spiro atoms. The molecule has 0 aliphatic rings. The van der Waals surface area contributed by atoms with Crippen molar-refractivity contribution in [2.24, 2.45) is 0 Å². The summed E-state index contributed by atoms with van der Waals surface area (Å²) in [5, 5.41) is 8.85. The number of nitrogen functional groups attached to an aromatic ring is 1. The van der Waals surface area contributed by atoms with Crippen LogP contribution in [0.1, 0.15) is 21.7 Å². The molecule has 26 heavy (non-hydrogen) atoms. The number of alkyl halides is 3. The normalized spacial score (nSPS) is 11.7. The first kappa shape index (κ1) is 17.5. The lowest BCUT2D eigenvalue weighted by Gasteiger charge is -2.16. The molecule has 0 radical (unpaired) electrons. The van der Waals surface area contributed by atoms with E-state index in [0.717, 1.165) is 0 Å². The molecule has 0 amide bonds. The van der Waals surface area contributed by atoms with E-state index in [1.165, 1.54) is 42.5 Å². The number of aromatic carboxylic acids is 1. The minimum Gasteiger partial charge on any atom is -0.478 e. The third-order valence-electron chi connectivity index (χ3n) is 3.77. The quantitative estimate of drug-likeness (QED) is 0.697. The zero-order valence-corrected chi connectivity index (χ0v) is 13.1. The summed E-state index contributed by atoms with van der Waals surface area (Å²) in [4.78, 5) is 27.0. The van der Waals surface area contributed by atoms with Crippen molar-refractivity contribution in [3.05, 3.63) is 69.8 Å². The van der Waals surface area contributed by atoms with Crippen molar-refractivity contribution >= 4 is 22.6 Å². The Morgan fingerprint density at radius 3 is 2.38 bits per heavy atom. The van der Waals surface area contributed by atoms with Crippen LogP contribution in [0.25, 0.3) is 10.9 Å². The molecule has 3 rings (SSSR count). The minimum atomic E-state index is -4.84. The van der Waals surface area contributed by atoms with Gasteiger partial charge in [0.1, 0.15) is 0 Å². The van der Waals surface area contributed by atoms with Gasteiger partial charge in [-0.3, -0.25) is 9.36 Å². The second-order valence-corrected chi connectivity index (χ2v) is 5.60. The van der Waals surface area contributed by atoms with Gasteiger partial charge in [0.2, 0.25) is 5.82 Å². The van der Waals surface area contributed by atoms with Crippen molar-refractivity contribution in [2.75, 3.05) is 5.73 Å². The first-order valence-corrected chi connectivity index (χ1v) is 7.36. The van der Waals surface area contributed by atoms with Crippen LogP contribution in [0, 0.1) is 0 Å². The first-order valence-electron chi connectivity index (χ1n) is 7.36.